The number of hydrogen-bond acceptors (Lipinski definition) is 6. The van der Waals surface area contributed by atoms with Crippen LogP contribution in [-0.4, -0.2) is 76.9 Å². The summed E-state index contributed by atoms with van der Waals surface area (Å²) in [6.45, 7) is 2.01. The Bertz CT molecular complexity index is 956. The summed E-state index contributed by atoms with van der Waals surface area (Å²) >= 11 is 1.25. The average Bonchev–Trinajstić information content (AvgIpc) is 3.33. The molecule has 1 aromatic rings. The minimum Gasteiger partial charge on any atom is -0.465 e. The number of rotatable bonds is 3. The number of amides is 2. The van der Waals surface area contributed by atoms with E-state index in [1.807, 2.05) is 24.0 Å². The summed E-state index contributed by atoms with van der Waals surface area (Å²) in [6.07, 6.45) is 3.40. The molecule has 12 heteroatoms. The number of carbonyl (C=O) groups is 2. The molecule has 0 bridgehead atoms. The van der Waals surface area contributed by atoms with Gasteiger partial charge in [0.05, 0.1) is 10.9 Å². The second-order valence-corrected chi connectivity index (χ2v) is 9.10. The molecule has 0 aliphatic carbocycles. The Morgan fingerprint density at radius 3 is 2.70 bits per heavy atom. The zero-order valence-corrected chi connectivity index (χ0v) is 20.8. The molecule has 3 aliphatic rings. The zero-order chi connectivity index (χ0) is 22.1. The number of aliphatic imine (C=N–C) groups is 1. The lowest BCUT2D eigenvalue weighted by molar-refractivity contribution is -0.113. The van der Waals surface area contributed by atoms with E-state index in [-0.39, 0.29) is 36.8 Å². The van der Waals surface area contributed by atoms with E-state index >= 15 is 0 Å². The molecule has 2 amide bonds. The van der Waals surface area contributed by atoms with Crippen molar-refractivity contribution in [3.63, 3.8) is 0 Å². The van der Waals surface area contributed by atoms with Crippen LogP contribution in [0.5, 0.6) is 0 Å². The minimum absolute atomic E-state index is 0. The molecule has 2 N–H and O–H groups in total. The van der Waals surface area contributed by atoms with Crippen LogP contribution in [0.25, 0.3) is 6.08 Å². The summed E-state index contributed by atoms with van der Waals surface area (Å²) in [4.78, 5) is 32.4. The molecule has 0 aromatic heterocycles. The van der Waals surface area contributed by atoms with E-state index in [9.17, 15) is 19.1 Å². The van der Waals surface area contributed by atoms with Crippen molar-refractivity contribution >= 4 is 59.8 Å². The molecule has 0 spiro atoms. The van der Waals surface area contributed by atoms with Gasteiger partial charge < -0.3 is 10.0 Å². The zero-order valence-electron chi connectivity index (χ0n) is 18.4. The average molecular weight is 520 g/mol. The van der Waals surface area contributed by atoms with E-state index in [2.05, 4.69) is 10.4 Å². The first kappa shape index (κ1) is 27.4. The number of thioether (sulfide) groups is 1. The van der Waals surface area contributed by atoms with E-state index in [1.165, 1.54) is 28.8 Å². The quantitative estimate of drug-likeness (QED) is 0.589. The predicted octanol–water partition coefficient (Wildman–Crippen LogP) is 3.60. The second-order valence-electron chi connectivity index (χ2n) is 8.09. The topological polar surface area (TPSA) is 88.5 Å². The fourth-order valence-corrected chi connectivity index (χ4v) is 5.26. The molecule has 2 fully saturated rings. The van der Waals surface area contributed by atoms with Gasteiger partial charge in [-0.3, -0.25) is 14.7 Å². The van der Waals surface area contributed by atoms with Crippen LogP contribution in [0.2, 0.25) is 0 Å². The van der Waals surface area contributed by atoms with Gasteiger partial charge in [0, 0.05) is 25.7 Å². The Hall–Kier alpha value is -1.85. The number of nitrogens with one attached hydrogen (secondary N) is 1. The summed E-state index contributed by atoms with van der Waals surface area (Å²) in [5.41, 5.74) is 4.42. The number of hydrazine groups is 1. The Labute approximate surface area is 209 Å². The van der Waals surface area contributed by atoms with Gasteiger partial charge in [0.1, 0.15) is 5.82 Å². The van der Waals surface area contributed by atoms with Gasteiger partial charge in [0.25, 0.3) is 5.91 Å². The Kier molecular flexibility index (Phi) is 9.57. The van der Waals surface area contributed by atoms with Crippen molar-refractivity contribution in [2.75, 3.05) is 33.7 Å². The number of carbonyl (C=O) groups excluding carboxylic acids is 1. The third kappa shape index (κ3) is 5.81. The van der Waals surface area contributed by atoms with Crippen LogP contribution in [0.1, 0.15) is 36.4 Å². The maximum absolute atomic E-state index is 14.2. The lowest BCUT2D eigenvalue weighted by Crippen LogP contribution is -2.45. The van der Waals surface area contributed by atoms with Gasteiger partial charge in [0.15, 0.2) is 5.17 Å². The van der Waals surface area contributed by atoms with Crippen LogP contribution in [0.15, 0.2) is 28.1 Å². The van der Waals surface area contributed by atoms with Gasteiger partial charge in [-0.05, 0) is 74.5 Å². The highest BCUT2D eigenvalue weighted by Crippen LogP contribution is 2.39. The highest BCUT2D eigenvalue weighted by Gasteiger charge is 2.40. The third-order valence-corrected chi connectivity index (χ3v) is 6.89. The normalized spacial score (nSPS) is 24.1. The van der Waals surface area contributed by atoms with E-state index in [0.717, 1.165) is 25.9 Å². The number of benzene rings is 1. The van der Waals surface area contributed by atoms with Crippen molar-refractivity contribution in [3.05, 3.63) is 40.0 Å². The lowest BCUT2D eigenvalue weighted by Gasteiger charge is -2.31. The maximum atomic E-state index is 14.2. The summed E-state index contributed by atoms with van der Waals surface area (Å²) in [5.74, 6) is -0.806. The SMILES string of the molecule is CN(C)[C@@H]1CCN(C(=O)O)C1c1ccc(F)cc1/C=C1/SC(N2CCCCN2)=NC1=O.Cl.Cl. The molecule has 1 aromatic carbocycles. The van der Waals surface area contributed by atoms with Crippen molar-refractivity contribution < 1.29 is 19.1 Å². The number of nitrogens with zero attached hydrogens (tertiary/aromatic N) is 4. The van der Waals surface area contributed by atoms with Crippen LogP contribution in [-0.2, 0) is 4.79 Å². The largest absolute Gasteiger partial charge is 0.465 e. The van der Waals surface area contributed by atoms with Crippen molar-refractivity contribution in [1.82, 2.24) is 20.2 Å². The molecular weight excluding hydrogens is 492 g/mol. The van der Waals surface area contributed by atoms with Gasteiger partial charge in [-0.25, -0.2) is 14.6 Å². The Morgan fingerprint density at radius 2 is 2.06 bits per heavy atom. The van der Waals surface area contributed by atoms with Crippen LogP contribution >= 0.6 is 36.6 Å². The first-order chi connectivity index (χ1) is 14.8. The summed E-state index contributed by atoms with van der Waals surface area (Å²) in [5, 5.41) is 12.2. The second kappa shape index (κ2) is 11.5. The van der Waals surface area contributed by atoms with Crippen LogP contribution in [0.3, 0.4) is 0 Å². The molecule has 2 atom stereocenters. The molecule has 1 unspecified atom stereocenters. The number of likely N-dealkylation sites (N-methyl/N-ethyl adjacent to an activating group) is 1. The van der Waals surface area contributed by atoms with E-state index in [1.54, 1.807) is 12.1 Å². The fourth-order valence-electron chi connectivity index (χ4n) is 4.35. The Morgan fingerprint density at radius 1 is 1.30 bits per heavy atom. The van der Waals surface area contributed by atoms with Gasteiger partial charge >= 0.3 is 6.09 Å². The number of carboxylic acid groups (broad SMARTS) is 1. The molecule has 4 rings (SSSR count). The van der Waals surface area contributed by atoms with Gasteiger partial charge in [0.2, 0.25) is 0 Å². The molecule has 2 saturated heterocycles. The molecule has 3 heterocycles. The fraction of sp³-hybridized carbons (Fsp3) is 0.476. The van der Waals surface area contributed by atoms with Gasteiger partial charge in [-0.15, -0.1) is 24.8 Å². The van der Waals surface area contributed by atoms with Gasteiger partial charge in [-0.2, -0.15) is 4.99 Å². The predicted molar refractivity (Wildman–Crippen MR) is 132 cm³/mol. The standard InChI is InChI=1S/C21H26FN5O3S.2ClH/c1-25(2)16-7-10-26(21(29)30)18(16)15-6-5-14(22)11-13(15)12-17-19(28)24-20(31-17)27-9-4-3-8-23-27;;/h5-6,11-12,16,18,23H,3-4,7-10H2,1-2H3,(H,29,30);2*1H/b17-12+;;/t16-,18?;;/m1../s1. The molecule has 8 nitrogen and oxygen atoms in total. The molecule has 33 heavy (non-hydrogen) atoms. The highest BCUT2D eigenvalue weighted by atomic mass is 35.5. The monoisotopic (exact) mass is 519 g/mol. The van der Waals surface area contributed by atoms with Crippen molar-refractivity contribution in [2.24, 2.45) is 4.99 Å². The van der Waals surface area contributed by atoms with Crippen molar-refractivity contribution in [1.29, 1.82) is 0 Å². The van der Waals surface area contributed by atoms with Gasteiger partial charge in [-0.1, -0.05) is 6.07 Å². The summed E-state index contributed by atoms with van der Waals surface area (Å²) < 4.78 is 14.2. The summed E-state index contributed by atoms with van der Waals surface area (Å²) in [6, 6.07) is 3.83. The first-order valence-electron chi connectivity index (χ1n) is 10.3. The van der Waals surface area contributed by atoms with Crippen molar-refractivity contribution in [2.45, 2.75) is 31.3 Å². The van der Waals surface area contributed by atoms with E-state index in [0.29, 0.717) is 34.2 Å². The van der Waals surface area contributed by atoms with Crippen molar-refractivity contribution in [3.8, 4) is 0 Å². The van der Waals surface area contributed by atoms with E-state index < -0.39 is 18.0 Å². The number of halogens is 3. The molecule has 0 saturated carbocycles. The molecule has 3 aliphatic heterocycles. The number of amidine groups is 1. The summed E-state index contributed by atoms with van der Waals surface area (Å²) in [7, 11) is 3.82. The number of hydrogen-bond donors (Lipinski definition) is 2. The van der Waals surface area contributed by atoms with E-state index in [4.69, 9.17) is 0 Å². The first-order valence-corrected chi connectivity index (χ1v) is 11.2. The lowest BCUT2D eigenvalue weighted by atomic mass is 9.94. The van der Waals surface area contributed by atoms with Crippen LogP contribution < -0.4 is 5.43 Å². The van der Waals surface area contributed by atoms with Crippen LogP contribution in [0.4, 0.5) is 9.18 Å². The number of likely N-dealkylation sites (tertiary alicyclic amines) is 1. The molecule has 182 valence electrons. The third-order valence-electron chi connectivity index (χ3n) is 5.88. The highest BCUT2D eigenvalue weighted by molar-refractivity contribution is 8.18. The smallest absolute Gasteiger partial charge is 0.407 e. The molecular formula is C21H28Cl2FN5O3S. The maximum Gasteiger partial charge on any atom is 0.407 e. The van der Waals surface area contributed by atoms with Crippen LogP contribution in [0, 0.1) is 5.82 Å². The molecule has 0 radical (unpaired) electrons. The Balaban J connectivity index is 0.00000193. The minimum atomic E-state index is -1.01.